The van der Waals surface area contributed by atoms with Gasteiger partial charge in [-0.15, -0.1) is 0 Å². The van der Waals surface area contributed by atoms with E-state index in [2.05, 4.69) is 10.2 Å². The normalized spacial score (nSPS) is 9.62. The Kier molecular flexibility index (Phi) is 11.6. The fourth-order valence-electron chi connectivity index (χ4n) is 2.65. The number of halogens is 2. The number of benzene rings is 2. The fraction of sp³-hybridized carbons (Fsp3) is 0.0909. The summed E-state index contributed by atoms with van der Waals surface area (Å²) in [5, 5.41) is 17.1. The van der Waals surface area contributed by atoms with Crippen molar-refractivity contribution in [2.45, 2.75) is 6.92 Å². The van der Waals surface area contributed by atoms with Crippen LogP contribution in [0.15, 0.2) is 73.1 Å². The zero-order valence-corrected chi connectivity index (χ0v) is 19.8. The van der Waals surface area contributed by atoms with Crippen molar-refractivity contribution in [1.82, 2.24) is 19.6 Å². The van der Waals surface area contributed by atoms with E-state index < -0.39 is 11.9 Å². The van der Waals surface area contributed by atoms with E-state index in [1.807, 2.05) is 48.5 Å². The van der Waals surface area contributed by atoms with Gasteiger partial charge in [0.25, 0.3) is 0 Å². The average molecular weight is 497 g/mol. The molecule has 0 aliphatic heterocycles. The molecular formula is C22H19Cl2LiN4O5. The maximum Gasteiger partial charge on any atom is 1.00 e. The first-order chi connectivity index (χ1) is 15.4. The third-order valence-corrected chi connectivity index (χ3v) is 4.88. The Morgan fingerprint density at radius 2 is 1.26 bits per heavy atom. The minimum Gasteiger partial charge on any atom is -0.870 e. The van der Waals surface area contributed by atoms with Crippen molar-refractivity contribution in [2.75, 3.05) is 6.61 Å². The van der Waals surface area contributed by atoms with Crippen molar-refractivity contribution in [3.8, 4) is 11.4 Å². The fourth-order valence-corrected chi connectivity index (χ4v) is 3.19. The van der Waals surface area contributed by atoms with Gasteiger partial charge in [0.05, 0.1) is 30.4 Å². The molecule has 2 N–H and O–H groups in total. The summed E-state index contributed by atoms with van der Waals surface area (Å²) in [5.74, 6) is -1.54. The first kappa shape index (κ1) is 29.0. The second-order valence-corrected chi connectivity index (χ2v) is 6.93. The molecular weight excluding hydrogens is 478 g/mol. The molecule has 2 aromatic carbocycles. The smallest absolute Gasteiger partial charge is 0.870 e. The first-order valence-corrected chi connectivity index (χ1v) is 10.2. The summed E-state index contributed by atoms with van der Waals surface area (Å²) >= 11 is 12.0. The van der Waals surface area contributed by atoms with Crippen LogP contribution in [-0.4, -0.2) is 48.7 Å². The van der Waals surface area contributed by atoms with E-state index in [1.165, 1.54) is 21.8 Å². The van der Waals surface area contributed by atoms with Gasteiger partial charge < -0.3 is 15.3 Å². The number of rotatable bonds is 5. The molecule has 12 heteroatoms. The molecule has 0 radical (unpaired) electrons. The van der Waals surface area contributed by atoms with Crippen LogP contribution in [0.4, 0.5) is 0 Å². The molecule has 0 fully saturated rings. The zero-order valence-electron chi connectivity index (χ0n) is 18.3. The van der Waals surface area contributed by atoms with Gasteiger partial charge in [-0.3, -0.25) is 0 Å². The van der Waals surface area contributed by atoms with Gasteiger partial charge in [-0.25, -0.2) is 19.0 Å². The number of ether oxygens (including phenoxy) is 1. The predicted molar refractivity (Wildman–Crippen MR) is 122 cm³/mol. The topological polar surface area (TPSA) is 129 Å². The Hall–Kier alpha value is -3.06. The number of aromatic carboxylic acids is 1. The average Bonchev–Trinajstić information content (AvgIpc) is 3.38. The molecule has 2 heterocycles. The summed E-state index contributed by atoms with van der Waals surface area (Å²) in [6, 6.07) is 18.5. The van der Waals surface area contributed by atoms with Gasteiger partial charge in [-0.2, -0.15) is 10.2 Å². The Morgan fingerprint density at radius 3 is 1.65 bits per heavy atom. The summed E-state index contributed by atoms with van der Waals surface area (Å²) < 4.78 is 7.76. The van der Waals surface area contributed by atoms with Crippen LogP contribution in [0, 0.1) is 0 Å². The summed E-state index contributed by atoms with van der Waals surface area (Å²) in [5.41, 5.74) is 1.81. The molecule has 4 rings (SSSR count). The minimum atomic E-state index is -1.08. The Balaban J connectivity index is 0.000000323. The van der Waals surface area contributed by atoms with Gasteiger partial charge in [0.2, 0.25) is 0 Å². The molecule has 0 amide bonds. The van der Waals surface area contributed by atoms with Crippen molar-refractivity contribution in [1.29, 1.82) is 0 Å². The van der Waals surface area contributed by atoms with E-state index >= 15 is 0 Å². The van der Waals surface area contributed by atoms with Crippen LogP contribution in [0.25, 0.3) is 11.4 Å². The standard InChI is InChI=1S/C12H11ClN2O2.C10H7ClN2O2.Li.H2O/c1-2-17-12(16)10-8-14-15(11(10)13)9-6-4-3-5-7-9;11-9-8(10(14)15)6-12-13(9)7-4-2-1-3-5-7;;/h3-8H,2H2,1H3;1-6H,(H,14,15);;1H2/q;;+1;/p-1. The van der Waals surface area contributed by atoms with Gasteiger partial charge in [0.15, 0.2) is 0 Å². The molecule has 0 saturated carbocycles. The first-order valence-electron chi connectivity index (χ1n) is 9.42. The Labute approximate surface area is 217 Å². The predicted octanol–water partition coefficient (Wildman–Crippen LogP) is 1.75. The maximum absolute atomic E-state index is 11.6. The number of aromatic nitrogens is 4. The largest absolute Gasteiger partial charge is 1.00 e. The molecule has 0 atom stereocenters. The molecule has 0 unspecified atom stereocenters. The van der Waals surface area contributed by atoms with Gasteiger partial charge in [0, 0.05) is 0 Å². The third kappa shape index (κ3) is 6.73. The SMILES string of the molecule is CCOC(=O)c1cnn(-c2ccccc2)c1Cl.O=C(O)c1cnn(-c2ccccc2)c1Cl.[Li+].[OH-]. The summed E-state index contributed by atoms with van der Waals surface area (Å²) in [4.78, 5) is 22.3. The quantitative estimate of drug-likeness (QED) is 0.329. The van der Waals surface area contributed by atoms with Crippen molar-refractivity contribution in [3.05, 3.63) is 94.5 Å². The van der Waals surface area contributed by atoms with Crippen LogP contribution in [0.1, 0.15) is 27.6 Å². The zero-order chi connectivity index (χ0) is 23.1. The van der Waals surface area contributed by atoms with Crippen LogP contribution >= 0.6 is 23.2 Å². The van der Waals surface area contributed by atoms with E-state index in [1.54, 1.807) is 19.1 Å². The summed E-state index contributed by atoms with van der Waals surface area (Å²) in [7, 11) is 0. The van der Waals surface area contributed by atoms with Crippen LogP contribution in [0.2, 0.25) is 10.3 Å². The van der Waals surface area contributed by atoms with E-state index in [0.29, 0.717) is 6.61 Å². The van der Waals surface area contributed by atoms with E-state index in [4.69, 9.17) is 33.0 Å². The van der Waals surface area contributed by atoms with Gasteiger partial charge in [-0.1, -0.05) is 59.6 Å². The number of carboxylic acid groups (broad SMARTS) is 1. The summed E-state index contributed by atoms with van der Waals surface area (Å²) in [6.45, 7) is 2.05. The van der Waals surface area contributed by atoms with Crippen LogP contribution in [-0.2, 0) is 4.74 Å². The number of hydrogen-bond donors (Lipinski definition) is 1. The van der Waals surface area contributed by atoms with Gasteiger partial charge in [-0.05, 0) is 31.2 Å². The second-order valence-electron chi connectivity index (χ2n) is 6.22. The van der Waals surface area contributed by atoms with E-state index in [9.17, 15) is 9.59 Å². The number of carbonyl (C=O) groups is 2. The monoisotopic (exact) mass is 496 g/mol. The van der Waals surface area contributed by atoms with Crippen molar-refractivity contribution in [2.24, 2.45) is 0 Å². The number of esters is 1. The van der Waals surface area contributed by atoms with Crippen LogP contribution in [0.3, 0.4) is 0 Å². The van der Waals surface area contributed by atoms with Crippen LogP contribution in [0.5, 0.6) is 0 Å². The molecule has 0 aliphatic rings. The molecule has 172 valence electrons. The third-order valence-electron chi connectivity index (χ3n) is 4.15. The molecule has 0 aliphatic carbocycles. The molecule has 0 saturated heterocycles. The molecule has 2 aromatic heterocycles. The number of nitrogens with zero attached hydrogens (tertiary/aromatic N) is 4. The number of hydrogen-bond acceptors (Lipinski definition) is 6. The van der Waals surface area contributed by atoms with Crippen LogP contribution < -0.4 is 18.9 Å². The number of para-hydroxylation sites is 2. The maximum atomic E-state index is 11.6. The molecule has 34 heavy (non-hydrogen) atoms. The molecule has 4 aromatic rings. The second kappa shape index (κ2) is 13.6. The number of carboxylic acids is 1. The molecule has 0 spiro atoms. The Morgan fingerprint density at radius 1 is 0.853 bits per heavy atom. The minimum absolute atomic E-state index is 0. The van der Waals surface area contributed by atoms with Gasteiger partial charge in [0.1, 0.15) is 21.4 Å². The molecule has 0 bridgehead atoms. The van der Waals surface area contributed by atoms with E-state index in [-0.39, 0.29) is 45.8 Å². The van der Waals surface area contributed by atoms with Crippen molar-refractivity contribution in [3.63, 3.8) is 0 Å². The molecule has 9 nitrogen and oxygen atoms in total. The summed E-state index contributed by atoms with van der Waals surface area (Å²) in [6.07, 6.45) is 2.64. The Bertz CT molecular complexity index is 1220. The van der Waals surface area contributed by atoms with Crippen molar-refractivity contribution >= 4 is 35.1 Å². The number of carbonyl (C=O) groups excluding carboxylic acids is 1. The van der Waals surface area contributed by atoms with Gasteiger partial charge >= 0.3 is 30.8 Å². The van der Waals surface area contributed by atoms with E-state index in [0.717, 1.165) is 11.4 Å². The van der Waals surface area contributed by atoms with Crippen molar-refractivity contribution < 1.29 is 43.8 Å².